The van der Waals surface area contributed by atoms with Crippen LogP contribution in [0, 0.1) is 11.3 Å². The van der Waals surface area contributed by atoms with Gasteiger partial charge in [-0.15, -0.1) is 0 Å². The molecule has 4 aromatic carbocycles. The SMILES string of the molecule is CC(NC(=O)c1ccc(Cl)c2ccccc12)c1ccc(-c2cccc(C#N)c2)cc1. The number of amides is 1. The molecule has 0 saturated carbocycles. The Kier molecular flexibility index (Phi) is 5.52. The zero-order chi connectivity index (χ0) is 21.1. The molecule has 1 unspecified atom stereocenters. The lowest BCUT2D eigenvalue weighted by Crippen LogP contribution is -2.26. The van der Waals surface area contributed by atoms with Crippen LogP contribution >= 0.6 is 11.6 Å². The van der Waals surface area contributed by atoms with Crippen molar-refractivity contribution in [2.45, 2.75) is 13.0 Å². The first kappa shape index (κ1) is 19.7. The fourth-order valence-corrected chi connectivity index (χ4v) is 3.78. The van der Waals surface area contributed by atoms with Crippen molar-refractivity contribution in [2.75, 3.05) is 0 Å². The van der Waals surface area contributed by atoms with Gasteiger partial charge in [0.05, 0.1) is 17.7 Å². The molecule has 1 amide bonds. The third kappa shape index (κ3) is 3.91. The van der Waals surface area contributed by atoms with Crippen molar-refractivity contribution in [2.24, 2.45) is 0 Å². The molecule has 1 atom stereocenters. The van der Waals surface area contributed by atoms with E-state index in [0.717, 1.165) is 27.5 Å². The molecule has 0 spiro atoms. The zero-order valence-corrected chi connectivity index (χ0v) is 17.1. The van der Waals surface area contributed by atoms with E-state index >= 15 is 0 Å². The summed E-state index contributed by atoms with van der Waals surface area (Å²) in [5, 5.41) is 14.5. The Balaban J connectivity index is 1.54. The second kappa shape index (κ2) is 8.41. The number of rotatable bonds is 4. The number of nitriles is 1. The summed E-state index contributed by atoms with van der Waals surface area (Å²) in [5.74, 6) is -0.138. The summed E-state index contributed by atoms with van der Waals surface area (Å²) in [5.41, 5.74) is 4.25. The molecule has 0 aliphatic carbocycles. The third-order valence-electron chi connectivity index (χ3n) is 5.20. The van der Waals surface area contributed by atoms with Gasteiger partial charge in [0, 0.05) is 16.0 Å². The summed E-state index contributed by atoms with van der Waals surface area (Å²) in [6.07, 6.45) is 0. The average molecular weight is 411 g/mol. The van der Waals surface area contributed by atoms with E-state index in [1.807, 2.05) is 73.7 Å². The van der Waals surface area contributed by atoms with Gasteiger partial charge in [-0.05, 0) is 53.3 Å². The minimum Gasteiger partial charge on any atom is -0.345 e. The van der Waals surface area contributed by atoms with E-state index in [0.29, 0.717) is 16.1 Å². The van der Waals surface area contributed by atoms with Crippen LogP contribution in [0.4, 0.5) is 0 Å². The summed E-state index contributed by atoms with van der Waals surface area (Å²) in [6, 6.07) is 28.7. The minimum absolute atomic E-state index is 0.138. The first-order valence-corrected chi connectivity index (χ1v) is 10.0. The summed E-state index contributed by atoms with van der Waals surface area (Å²) in [4.78, 5) is 12.9. The average Bonchev–Trinajstić information content (AvgIpc) is 2.79. The summed E-state index contributed by atoms with van der Waals surface area (Å²) < 4.78 is 0. The highest BCUT2D eigenvalue weighted by atomic mass is 35.5. The fourth-order valence-electron chi connectivity index (χ4n) is 3.55. The predicted molar refractivity (Wildman–Crippen MR) is 121 cm³/mol. The van der Waals surface area contributed by atoms with Crippen LogP contribution in [0.1, 0.15) is 34.5 Å². The standard InChI is InChI=1S/C26H19ClN2O/c1-17(19-9-11-20(12-10-19)21-6-4-5-18(15-21)16-28)29-26(30)24-13-14-25(27)23-8-3-2-7-22(23)24/h2-15,17H,1H3,(H,29,30). The van der Waals surface area contributed by atoms with Crippen LogP contribution in [-0.4, -0.2) is 5.91 Å². The monoisotopic (exact) mass is 410 g/mol. The highest BCUT2D eigenvalue weighted by molar-refractivity contribution is 6.36. The van der Waals surface area contributed by atoms with Crippen molar-refractivity contribution in [3.63, 3.8) is 0 Å². The smallest absolute Gasteiger partial charge is 0.252 e. The van der Waals surface area contributed by atoms with E-state index in [4.69, 9.17) is 16.9 Å². The molecule has 146 valence electrons. The number of nitrogens with zero attached hydrogens (tertiary/aromatic N) is 1. The Labute approximate surface area is 180 Å². The zero-order valence-electron chi connectivity index (χ0n) is 16.4. The van der Waals surface area contributed by atoms with Crippen LogP contribution in [0.5, 0.6) is 0 Å². The maximum Gasteiger partial charge on any atom is 0.252 e. The summed E-state index contributed by atoms with van der Waals surface area (Å²) in [7, 11) is 0. The van der Waals surface area contributed by atoms with Crippen molar-refractivity contribution < 1.29 is 4.79 Å². The van der Waals surface area contributed by atoms with Crippen LogP contribution in [0.3, 0.4) is 0 Å². The topological polar surface area (TPSA) is 52.9 Å². The van der Waals surface area contributed by atoms with Crippen molar-refractivity contribution in [1.29, 1.82) is 5.26 Å². The number of hydrogen-bond acceptors (Lipinski definition) is 2. The van der Waals surface area contributed by atoms with Crippen LogP contribution in [-0.2, 0) is 0 Å². The van der Waals surface area contributed by atoms with Gasteiger partial charge in [-0.3, -0.25) is 4.79 Å². The van der Waals surface area contributed by atoms with Gasteiger partial charge in [0.25, 0.3) is 5.91 Å². The van der Waals surface area contributed by atoms with E-state index in [1.165, 1.54) is 0 Å². The molecule has 0 radical (unpaired) electrons. The molecular weight excluding hydrogens is 392 g/mol. The number of carbonyl (C=O) groups is 1. The number of fused-ring (bicyclic) bond motifs is 1. The molecule has 0 aromatic heterocycles. The molecular formula is C26H19ClN2O. The van der Waals surface area contributed by atoms with Gasteiger partial charge >= 0.3 is 0 Å². The van der Waals surface area contributed by atoms with E-state index < -0.39 is 0 Å². The highest BCUT2D eigenvalue weighted by Gasteiger charge is 2.15. The van der Waals surface area contributed by atoms with Crippen molar-refractivity contribution in [3.05, 3.63) is 107 Å². The number of halogens is 1. The quantitative estimate of drug-likeness (QED) is 0.416. The molecule has 0 saturated heterocycles. The van der Waals surface area contributed by atoms with E-state index in [-0.39, 0.29) is 11.9 Å². The Morgan fingerprint density at radius 1 is 0.900 bits per heavy atom. The predicted octanol–water partition coefficient (Wildman–Crippen LogP) is 6.52. The first-order chi connectivity index (χ1) is 14.6. The minimum atomic E-state index is -0.161. The van der Waals surface area contributed by atoms with E-state index in [1.54, 1.807) is 18.2 Å². The lowest BCUT2D eigenvalue weighted by molar-refractivity contribution is 0.0941. The summed E-state index contributed by atoms with van der Waals surface area (Å²) >= 11 is 6.27. The fraction of sp³-hybridized carbons (Fsp3) is 0.0769. The van der Waals surface area contributed by atoms with Crippen molar-refractivity contribution in [1.82, 2.24) is 5.32 Å². The lowest BCUT2D eigenvalue weighted by Gasteiger charge is -2.16. The van der Waals surface area contributed by atoms with Crippen LogP contribution in [0.25, 0.3) is 21.9 Å². The molecule has 0 aliphatic heterocycles. The molecule has 0 aliphatic rings. The van der Waals surface area contributed by atoms with Gasteiger partial charge in [-0.25, -0.2) is 0 Å². The second-order valence-electron chi connectivity index (χ2n) is 7.15. The number of benzene rings is 4. The molecule has 0 bridgehead atoms. The second-order valence-corrected chi connectivity index (χ2v) is 7.56. The third-order valence-corrected chi connectivity index (χ3v) is 5.53. The summed E-state index contributed by atoms with van der Waals surface area (Å²) in [6.45, 7) is 1.96. The number of nitrogens with one attached hydrogen (secondary N) is 1. The van der Waals surface area contributed by atoms with Gasteiger partial charge in [0.1, 0.15) is 0 Å². The van der Waals surface area contributed by atoms with Gasteiger partial charge in [-0.2, -0.15) is 5.26 Å². The molecule has 4 aromatic rings. The molecule has 4 heteroatoms. The molecule has 1 N–H and O–H groups in total. The van der Waals surface area contributed by atoms with Crippen LogP contribution < -0.4 is 5.32 Å². The maximum absolute atomic E-state index is 12.9. The lowest BCUT2D eigenvalue weighted by atomic mass is 9.99. The van der Waals surface area contributed by atoms with Gasteiger partial charge in [0.2, 0.25) is 0 Å². The Morgan fingerprint density at radius 3 is 2.37 bits per heavy atom. The van der Waals surface area contributed by atoms with E-state index in [9.17, 15) is 4.79 Å². The molecule has 0 heterocycles. The molecule has 3 nitrogen and oxygen atoms in total. The van der Waals surface area contributed by atoms with Crippen LogP contribution in [0.15, 0.2) is 84.9 Å². The Hall–Kier alpha value is -3.61. The maximum atomic E-state index is 12.9. The van der Waals surface area contributed by atoms with Gasteiger partial charge in [0.15, 0.2) is 0 Å². The van der Waals surface area contributed by atoms with Crippen LogP contribution in [0.2, 0.25) is 5.02 Å². The van der Waals surface area contributed by atoms with Gasteiger partial charge < -0.3 is 5.32 Å². The van der Waals surface area contributed by atoms with Crippen molar-refractivity contribution in [3.8, 4) is 17.2 Å². The van der Waals surface area contributed by atoms with Gasteiger partial charge in [-0.1, -0.05) is 72.3 Å². The molecule has 4 rings (SSSR count). The normalized spacial score (nSPS) is 11.6. The highest BCUT2D eigenvalue weighted by Crippen LogP contribution is 2.27. The Morgan fingerprint density at radius 2 is 1.63 bits per heavy atom. The van der Waals surface area contributed by atoms with Crippen molar-refractivity contribution >= 4 is 28.3 Å². The molecule has 0 fully saturated rings. The van der Waals surface area contributed by atoms with E-state index in [2.05, 4.69) is 11.4 Å². The largest absolute Gasteiger partial charge is 0.345 e. The number of hydrogen-bond donors (Lipinski definition) is 1. The Bertz CT molecular complexity index is 1270. The first-order valence-electron chi connectivity index (χ1n) is 9.65. The molecule has 30 heavy (non-hydrogen) atoms. The number of carbonyl (C=O) groups excluding carboxylic acids is 1.